The highest BCUT2D eigenvalue weighted by atomic mass is 16.5. The van der Waals surface area contributed by atoms with Gasteiger partial charge in [-0.3, -0.25) is 0 Å². The lowest BCUT2D eigenvalue weighted by Gasteiger charge is -2.10. The molecule has 1 aromatic heterocycles. The maximum Gasteiger partial charge on any atom is 0.0871 e. The van der Waals surface area contributed by atoms with Crippen molar-refractivity contribution < 1.29 is 4.74 Å². The molecule has 0 unspecified atom stereocenters. The van der Waals surface area contributed by atoms with Gasteiger partial charge in [0.1, 0.15) is 0 Å². The molecule has 0 aliphatic heterocycles. The molecule has 3 nitrogen and oxygen atoms in total. The second-order valence-corrected chi connectivity index (χ2v) is 4.84. The molecule has 1 aromatic carbocycles. The fraction of sp³-hybridized carbons (Fsp3) is 0.467. The predicted octanol–water partition coefficient (Wildman–Crippen LogP) is 3.04. The fourth-order valence-corrected chi connectivity index (χ4v) is 2.25. The Bertz CT molecular complexity index is 529. The molecular formula is C15H22N2O. The Kier molecular flexibility index (Phi) is 4.04. The fourth-order valence-electron chi connectivity index (χ4n) is 2.25. The molecule has 2 rings (SSSR count). The first-order valence-corrected chi connectivity index (χ1v) is 6.58. The van der Waals surface area contributed by atoms with Crippen LogP contribution in [0.3, 0.4) is 0 Å². The van der Waals surface area contributed by atoms with Gasteiger partial charge in [-0.2, -0.15) is 0 Å². The normalized spacial score (nSPS) is 11.6. The zero-order valence-corrected chi connectivity index (χ0v) is 11.4. The van der Waals surface area contributed by atoms with Gasteiger partial charge in [0.2, 0.25) is 0 Å². The molecule has 0 aliphatic carbocycles. The lowest BCUT2D eigenvalue weighted by atomic mass is 10.1. The van der Waals surface area contributed by atoms with Gasteiger partial charge in [0.15, 0.2) is 0 Å². The minimum atomic E-state index is 0.257. The summed E-state index contributed by atoms with van der Waals surface area (Å²) in [5.41, 5.74) is 9.35. The van der Waals surface area contributed by atoms with Crippen LogP contribution >= 0.6 is 0 Å². The highest BCUT2D eigenvalue weighted by molar-refractivity contribution is 5.82. The van der Waals surface area contributed by atoms with E-state index in [0.29, 0.717) is 13.2 Å². The average molecular weight is 246 g/mol. The van der Waals surface area contributed by atoms with Crippen molar-refractivity contribution in [2.45, 2.75) is 46.6 Å². The summed E-state index contributed by atoms with van der Waals surface area (Å²) < 4.78 is 8.01. The number of aryl methyl sites for hydroxylation is 1. The highest BCUT2D eigenvalue weighted by Gasteiger charge is 2.08. The molecule has 0 atom stereocenters. The summed E-state index contributed by atoms with van der Waals surface area (Å²) in [6.07, 6.45) is 0.257. The highest BCUT2D eigenvalue weighted by Crippen LogP contribution is 2.22. The Morgan fingerprint density at radius 3 is 2.67 bits per heavy atom. The van der Waals surface area contributed by atoms with Crippen LogP contribution in [0.5, 0.6) is 0 Å². The summed E-state index contributed by atoms with van der Waals surface area (Å²) >= 11 is 0. The molecule has 18 heavy (non-hydrogen) atoms. The van der Waals surface area contributed by atoms with Gasteiger partial charge in [0, 0.05) is 29.7 Å². The SMILES string of the molecule is CCn1c(COC(C)C)cc2cc(CN)ccc21. The second kappa shape index (κ2) is 5.55. The van der Waals surface area contributed by atoms with E-state index in [0.717, 1.165) is 6.54 Å². The Balaban J connectivity index is 2.40. The summed E-state index contributed by atoms with van der Waals surface area (Å²) in [6, 6.07) is 8.63. The summed E-state index contributed by atoms with van der Waals surface area (Å²) in [7, 11) is 0. The first kappa shape index (κ1) is 13.1. The molecule has 2 aromatic rings. The number of ether oxygens (including phenoxy) is 1. The van der Waals surface area contributed by atoms with Crippen molar-refractivity contribution in [1.29, 1.82) is 0 Å². The molecule has 3 heteroatoms. The second-order valence-electron chi connectivity index (χ2n) is 4.84. The lowest BCUT2D eigenvalue weighted by Crippen LogP contribution is -2.07. The third-order valence-corrected chi connectivity index (χ3v) is 3.17. The zero-order valence-electron chi connectivity index (χ0n) is 11.4. The van der Waals surface area contributed by atoms with E-state index in [9.17, 15) is 0 Å². The van der Waals surface area contributed by atoms with Crippen LogP contribution in [-0.4, -0.2) is 10.7 Å². The summed E-state index contributed by atoms with van der Waals surface area (Å²) in [5, 5.41) is 1.25. The van der Waals surface area contributed by atoms with E-state index in [2.05, 4.69) is 49.6 Å². The molecule has 0 spiro atoms. The third-order valence-electron chi connectivity index (χ3n) is 3.17. The number of hydrogen-bond donors (Lipinski definition) is 1. The van der Waals surface area contributed by atoms with Gasteiger partial charge in [-0.25, -0.2) is 0 Å². The molecule has 0 amide bonds. The number of nitrogens with two attached hydrogens (primary N) is 1. The summed E-state index contributed by atoms with van der Waals surface area (Å²) in [5.74, 6) is 0. The number of aromatic nitrogens is 1. The van der Waals surface area contributed by atoms with E-state index in [1.165, 1.54) is 22.2 Å². The molecule has 0 aliphatic rings. The number of nitrogens with zero attached hydrogens (tertiary/aromatic N) is 1. The van der Waals surface area contributed by atoms with Crippen molar-refractivity contribution in [2.24, 2.45) is 5.73 Å². The van der Waals surface area contributed by atoms with Crippen LogP contribution < -0.4 is 5.73 Å². The van der Waals surface area contributed by atoms with Gasteiger partial charge in [-0.1, -0.05) is 6.07 Å². The van der Waals surface area contributed by atoms with Gasteiger partial charge in [-0.15, -0.1) is 0 Å². The minimum absolute atomic E-state index is 0.257. The Hall–Kier alpha value is -1.32. The van der Waals surface area contributed by atoms with E-state index < -0.39 is 0 Å². The van der Waals surface area contributed by atoms with Crippen molar-refractivity contribution >= 4 is 10.9 Å². The molecule has 2 N–H and O–H groups in total. The zero-order chi connectivity index (χ0) is 13.1. The van der Waals surface area contributed by atoms with Gasteiger partial charge >= 0.3 is 0 Å². The molecule has 0 saturated carbocycles. The van der Waals surface area contributed by atoms with Gasteiger partial charge < -0.3 is 15.0 Å². The van der Waals surface area contributed by atoms with E-state index >= 15 is 0 Å². The van der Waals surface area contributed by atoms with E-state index in [1.54, 1.807) is 0 Å². The quantitative estimate of drug-likeness (QED) is 0.880. The van der Waals surface area contributed by atoms with E-state index in [4.69, 9.17) is 10.5 Å². The summed E-state index contributed by atoms with van der Waals surface area (Å²) in [6.45, 7) is 8.50. The molecule has 98 valence electrons. The molecular weight excluding hydrogens is 224 g/mol. The van der Waals surface area contributed by atoms with Crippen molar-refractivity contribution in [3.05, 3.63) is 35.5 Å². The van der Waals surface area contributed by atoms with Crippen molar-refractivity contribution in [3.8, 4) is 0 Å². The Labute approximate surface area is 109 Å². The topological polar surface area (TPSA) is 40.2 Å². The Morgan fingerprint density at radius 2 is 2.06 bits per heavy atom. The van der Waals surface area contributed by atoms with Crippen molar-refractivity contribution in [3.63, 3.8) is 0 Å². The van der Waals surface area contributed by atoms with Crippen LogP contribution in [0.4, 0.5) is 0 Å². The molecule has 0 fully saturated rings. The van der Waals surface area contributed by atoms with Gasteiger partial charge in [0.05, 0.1) is 12.7 Å². The van der Waals surface area contributed by atoms with Crippen molar-refractivity contribution in [2.75, 3.05) is 0 Å². The van der Waals surface area contributed by atoms with E-state index in [1.807, 2.05) is 0 Å². The largest absolute Gasteiger partial charge is 0.373 e. The van der Waals surface area contributed by atoms with Crippen LogP contribution in [0.2, 0.25) is 0 Å². The number of fused-ring (bicyclic) bond motifs is 1. The predicted molar refractivity (Wildman–Crippen MR) is 75.4 cm³/mol. The molecule has 0 saturated heterocycles. The molecule has 0 bridgehead atoms. The monoisotopic (exact) mass is 246 g/mol. The van der Waals surface area contributed by atoms with Crippen LogP contribution in [0.25, 0.3) is 10.9 Å². The minimum Gasteiger partial charge on any atom is -0.373 e. The maximum atomic E-state index is 5.71. The van der Waals surface area contributed by atoms with Crippen LogP contribution in [0, 0.1) is 0 Å². The third kappa shape index (κ3) is 2.57. The standard InChI is InChI=1S/C15H22N2O/c1-4-17-14(10-18-11(2)3)8-13-7-12(9-16)5-6-15(13)17/h5-8,11H,4,9-10,16H2,1-3H3. The maximum absolute atomic E-state index is 5.71. The number of hydrogen-bond acceptors (Lipinski definition) is 2. The number of benzene rings is 1. The van der Waals surface area contributed by atoms with E-state index in [-0.39, 0.29) is 6.10 Å². The summed E-state index contributed by atoms with van der Waals surface area (Å²) in [4.78, 5) is 0. The lowest BCUT2D eigenvalue weighted by molar-refractivity contribution is 0.0620. The number of rotatable bonds is 5. The smallest absolute Gasteiger partial charge is 0.0871 e. The average Bonchev–Trinajstić information content (AvgIpc) is 2.72. The molecule has 0 radical (unpaired) electrons. The Morgan fingerprint density at radius 1 is 1.28 bits per heavy atom. The van der Waals surface area contributed by atoms with Crippen molar-refractivity contribution in [1.82, 2.24) is 4.57 Å². The molecule has 1 heterocycles. The van der Waals surface area contributed by atoms with Crippen LogP contribution in [0.15, 0.2) is 24.3 Å². The van der Waals surface area contributed by atoms with Gasteiger partial charge in [-0.05, 0) is 44.5 Å². The first-order chi connectivity index (χ1) is 8.65. The van der Waals surface area contributed by atoms with Crippen LogP contribution in [0.1, 0.15) is 32.0 Å². The van der Waals surface area contributed by atoms with Gasteiger partial charge in [0.25, 0.3) is 0 Å². The van der Waals surface area contributed by atoms with Crippen LogP contribution in [-0.2, 0) is 24.4 Å². The first-order valence-electron chi connectivity index (χ1n) is 6.58.